The molecule has 0 radical (unpaired) electrons. The quantitative estimate of drug-likeness (QED) is 0.143. The summed E-state index contributed by atoms with van der Waals surface area (Å²) in [5, 5.41) is 23.3. The fraction of sp³-hybridized carbons (Fsp3) is 0.167. The Morgan fingerprint density at radius 1 is 0.959 bits per heavy atom. The SMILES string of the molecule is O=C(O)[C@H](CO)NCc1cc(Cl)c(Oc2ncnc3c(-c4ccc5c(c4)OCCO5)cccc23)cc1OCc1ccc2ccc(=O)oc2c1. The lowest BCUT2D eigenvalue weighted by Crippen LogP contribution is -2.39. The molecule has 0 fully saturated rings. The minimum atomic E-state index is -1.21. The maximum Gasteiger partial charge on any atom is 0.336 e. The van der Waals surface area contributed by atoms with Crippen molar-refractivity contribution >= 4 is 39.4 Å². The third-order valence-electron chi connectivity index (χ3n) is 7.90. The van der Waals surface area contributed by atoms with Gasteiger partial charge < -0.3 is 33.6 Å². The fourth-order valence-electron chi connectivity index (χ4n) is 5.44. The van der Waals surface area contributed by atoms with Gasteiger partial charge in [0.1, 0.15) is 43.5 Å². The van der Waals surface area contributed by atoms with Crippen LogP contribution in [0.25, 0.3) is 33.0 Å². The van der Waals surface area contributed by atoms with E-state index in [1.807, 2.05) is 48.5 Å². The molecular weight excluding hydrogens is 654 g/mol. The molecule has 0 saturated carbocycles. The zero-order chi connectivity index (χ0) is 33.9. The number of benzene rings is 4. The van der Waals surface area contributed by atoms with Crippen molar-refractivity contribution in [2.75, 3.05) is 19.8 Å². The molecule has 0 spiro atoms. The van der Waals surface area contributed by atoms with E-state index < -0.39 is 24.2 Å². The number of aliphatic carboxylic acids is 1. The molecule has 4 aromatic carbocycles. The van der Waals surface area contributed by atoms with Gasteiger partial charge in [0.05, 0.1) is 22.5 Å². The van der Waals surface area contributed by atoms with Crippen molar-refractivity contribution in [3.63, 3.8) is 0 Å². The van der Waals surface area contributed by atoms with E-state index in [1.54, 1.807) is 24.3 Å². The van der Waals surface area contributed by atoms with E-state index in [1.165, 1.54) is 12.4 Å². The predicted octanol–water partition coefficient (Wildman–Crippen LogP) is 5.73. The normalized spacial score (nSPS) is 12.9. The molecule has 1 atom stereocenters. The van der Waals surface area contributed by atoms with Crippen LogP contribution in [0.2, 0.25) is 5.02 Å². The number of hydrogen-bond donors (Lipinski definition) is 3. The van der Waals surface area contributed by atoms with Crippen LogP contribution in [0.3, 0.4) is 0 Å². The van der Waals surface area contributed by atoms with Crippen LogP contribution in [0.4, 0.5) is 0 Å². The number of aliphatic hydroxyl groups is 1. The predicted molar refractivity (Wildman–Crippen MR) is 180 cm³/mol. The van der Waals surface area contributed by atoms with E-state index in [0.29, 0.717) is 58.1 Å². The summed E-state index contributed by atoms with van der Waals surface area (Å²) in [7, 11) is 0. The van der Waals surface area contributed by atoms with Crippen molar-refractivity contribution in [2.24, 2.45) is 0 Å². The third-order valence-corrected chi connectivity index (χ3v) is 8.20. The second-order valence-electron chi connectivity index (χ2n) is 11.1. The van der Waals surface area contributed by atoms with Gasteiger partial charge in [-0.05, 0) is 47.5 Å². The maximum atomic E-state index is 11.8. The Morgan fingerprint density at radius 2 is 1.80 bits per heavy atom. The first-order valence-electron chi connectivity index (χ1n) is 15.2. The number of ether oxygens (including phenoxy) is 4. The third kappa shape index (κ3) is 6.83. The first kappa shape index (κ1) is 31.9. The van der Waals surface area contributed by atoms with Crippen molar-refractivity contribution in [3.8, 4) is 40.0 Å². The lowest BCUT2D eigenvalue weighted by molar-refractivity contribution is -0.140. The lowest BCUT2D eigenvalue weighted by atomic mass is 10.0. The lowest BCUT2D eigenvalue weighted by Gasteiger charge is -2.19. The first-order valence-corrected chi connectivity index (χ1v) is 15.6. The Balaban J connectivity index is 1.21. The van der Waals surface area contributed by atoms with Crippen LogP contribution in [0.1, 0.15) is 11.1 Å². The summed E-state index contributed by atoms with van der Waals surface area (Å²) in [6.45, 7) is 0.429. The van der Waals surface area contributed by atoms with Crippen LogP contribution >= 0.6 is 11.6 Å². The molecule has 2 aromatic heterocycles. The van der Waals surface area contributed by atoms with E-state index in [0.717, 1.165) is 16.5 Å². The highest BCUT2D eigenvalue weighted by Gasteiger charge is 2.20. The smallest absolute Gasteiger partial charge is 0.336 e. The average Bonchev–Trinajstić information content (AvgIpc) is 3.11. The molecule has 3 heterocycles. The molecular formula is C36H28ClN3O9. The van der Waals surface area contributed by atoms with Gasteiger partial charge in [-0.3, -0.25) is 10.1 Å². The van der Waals surface area contributed by atoms with Crippen molar-refractivity contribution < 1.29 is 38.4 Å². The minimum Gasteiger partial charge on any atom is -0.488 e. The number of carboxylic acid groups (broad SMARTS) is 1. The Hall–Kier alpha value is -5.69. The number of aromatic nitrogens is 2. The number of nitrogens with one attached hydrogen (secondary N) is 1. The molecule has 0 saturated heterocycles. The summed E-state index contributed by atoms with van der Waals surface area (Å²) in [5.41, 5.74) is 3.52. The standard InChI is InChI=1S/C36H28ClN3O9/c37-26-13-23(16-38-27(17-41)36(43)44)29(47-18-20-4-5-21-7-9-33(42)48-30(21)12-20)15-31(26)49-35-25-3-1-2-24(34(25)39-19-40-35)22-6-8-28-32(14-22)46-11-10-45-28/h1-9,12-15,19,27,38,41H,10-11,16-18H2,(H,43,44)/t27-/m0/s1. The van der Waals surface area contributed by atoms with Crippen molar-refractivity contribution in [1.82, 2.24) is 15.3 Å². The van der Waals surface area contributed by atoms with E-state index in [2.05, 4.69) is 15.3 Å². The number of rotatable bonds is 11. The minimum absolute atomic E-state index is 0.00872. The molecule has 1 aliphatic rings. The second-order valence-corrected chi connectivity index (χ2v) is 11.5. The number of carbonyl (C=O) groups is 1. The molecule has 7 rings (SSSR count). The highest BCUT2D eigenvalue weighted by Crippen LogP contribution is 2.40. The Bertz CT molecular complexity index is 2260. The fourth-order valence-corrected chi connectivity index (χ4v) is 5.66. The zero-order valence-corrected chi connectivity index (χ0v) is 26.5. The van der Waals surface area contributed by atoms with E-state index in [9.17, 15) is 19.8 Å². The van der Waals surface area contributed by atoms with Crippen LogP contribution in [0.5, 0.6) is 28.9 Å². The average molecular weight is 682 g/mol. The van der Waals surface area contributed by atoms with Gasteiger partial charge in [-0.15, -0.1) is 0 Å². The van der Waals surface area contributed by atoms with Crippen molar-refractivity contribution in [3.05, 3.63) is 112 Å². The summed E-state index contributed by atoms with van der Waals surface area (Å²) >= 11 is 6.72. The largest absolute Gasteiger partial charge is 0.488 e. The number of para-hydroxylation sites is 1. The summed E-state index contributed by atoms with van der Waals surface area (Å²) in [4.78, 5) is 32.2. The molecule has 12 nitrogen and oxygen atoms in total. The molecule has 248 valence electrons. The summed E-state index contributed by atoms with van der Waals surface area (Å²) < 4.78 is 29.3. The molecule has 0 unspecified atom stereocenters. The highest BCUT2D eigenvalue weighted by atomic mass is 35.5. The Morgan fingerprint density at radius 3 is 2.63 bits per heavy atom. The van der Waals surface area contributed by atoms with Crippen molar-refractivity contribution in [1.29, 1.82) is 0 Å². The van der Waals surface area contributed by atoms with Gasteiger partial charge in [-0.1, -0.05) is 41.9 Å². The topological polar surface area (TPSA) is 162 Å². The Kier molecular flexibility index (Phi) is 8.99. The monoisotopic (exact) mass is 681 g/mol. The maximum absolute atomic E-state index is 11.8. The molecule has 0 aliphatic carbocycles. The molecule has 0 bridgehead atoms. The highest BCUT2D eigenvalue weighted by molar-refractivity contribution is 6.32. The van der Waals surface area contributed by atoms with Crippen LogP contribution in [0.15, 0.2) is 94.4 Å². The van der Waals surface area contributed by atoms with E-state index in [4.69, 9.17) is 35.0 Å². The van der Waals surface area contributed by atoms with Gasteiger partial charge in [-0.25, -0.2) is 14.8 Å². The van der Waals surface area contributed by atoms with Gasteiger partial charge in [0.2, 0.25) is 5.88 Å². The van der Waals surface area contributed by atoms with Gasteiger partial charge in [0.25, 0.3) is 0 Å². The summed E-state index contributed by atoms with van der Waals surface area (Å²) in [6.07, 6.45) is 1.40. The molecule has 0 amide bonds. The van der Waals surface area contributed by atoms with E-state index >= 15 is 0 Å². The van der Waals surface area contributed by atoms with E-state index in [-0.39, 0.29) is 29.8 Å². The number of fused-ring (bicyclic) bond motifs is 3. The van der Waals surface area contributed by atoms with Crippen LogP contribution in [-0.2, 0) is 17.9 Å². The van der Waals surface area contributed by atoms with Gasteiger partial charge >= 0.3 is 11.6 Å². The van der Waals surface area contributed by atoms with Gasteiger partial charge in [0, 0.05) is 35.2 Å². The zero-order valence-electron chi connectivity index (χ0n) is 25.7. The number of nitrogens with zero attached hydrogens (tertiary/aromatic N) is 2. The molecule has 49 heavy (non-hydrogen) atoms. The molecule has 3 N–H and O–H groups in total. The first-order chi connectivity index (χ1) is 23.9. The van der Waals surface area contributed by atoms with Gasteiger partial charge in [0.15, 0.2) is 17.2 Å². The molecule has 1 aliphatic heterocycles. The van der Waals surface area contributed by atoms with Crippen LogP contribution in [-0.4, -0.2) is 52.0 Å². The number of hydrogen-bond acceptors (Lipinski definition) is 11. The number of aliphatic hydroxyl groups excluding tert-OH is 1. The van der Waals surface area contributed by atoms with Crippen molar-refractivity contribution in [2.45, 2.75) is 19.2 Å². The molecule has 6 aromatic rings. The van der Waals surface area contributed by atoms with Crippen LogP contribution < -0.4 is 29.9 Å². The summed E-state index contributed by atoms with van der Waals surface area (Å²) in [5.74, 6) is 0.939. The van der Waals surface area contributed by atoms with Gasteiger partial charge in [-0.2, -0.15) is 0 Å². The van der Waals surface area contributed by atoms with Crippen LogP contribution in [0, 0.1) is 0 Å². The second kappa shape index (κ2) is 13.8. The number of carboxylic acids is 1. The number of halogens is 1. The summed E-state index contributed by atoms with van der Waals surface area (Å²) in [6, 6.07) is 21.7. The molecule has 13 heteroatoms. The Labute approximate surface area is 283 Å².